The van der Waals surface area contributed by atoms with Crippen molar-refractivity contribution in [1.29, 1.82) is 0 Å². The van der Waals surface area contributed by atoms with Gasteiger partial charge in [0.1, 0.15) is 17.3 Å². The van der Waals surface area contributed by atoms with E-state index in [1.54, 1.807) is 12.1 Å². The molecule has 7 heteroatoms. The van der Waals surface area contributed by atoms with Crippen molar-refractivity contribution in [2.45, 2.75) is 58.0 Å². The number of fused-ring (bicyclic) bond motifs is 2. The van der Waals surface area contributed by atoms with Gasteiger partial charge in [-0.2, -0.15) is 0 Å². The number of nitrogens with two attached hydrogens (primary N) is 1. The molecule has 0 spiro atoms. The highest BCUT2D eigenvalue weighted by atomic mass is 19.3. The van der Waals surface area contributed by atoms with E-state index in [0.29, 0.717) is 11.6 Å². The van der Waals surface area contributed by atoms with Crippen molar-refractivity contribution in [2.24, 2.45) is 0 Å². The zero-order valence-electron chi connectivity index (χ0n) is 17.7. The minimum absolute atomic E-state index is 0.153. The van der Waals surface area contributed by atoms with Crippen LogP contribution in [-0.4, -0.2) is 21.1 Å². The highest BCUT2D eigenvalue weighted by Gasteiger charge is 2.22. The summed E-state index contributed by atoms with van der Waals surface area (Å²) < 4.78 is 29.0. The van der Waals surface area contributed by atoms with Crippen LogP contribution in [0.3, 0.4) is 0 Å². The van der Waals surface area contributed by atoms with Crippen LogP contribution in [-0.2, 0) is 19.4 Å². The molecule has 1 aliphatic heterocycles. The lowest BCUT2D eigenvalue weighted by Crippen LogP contribution is -2.25. The van der Waals surface area contributed by atoms with Gasteiger partial charge in [0.2, 0.25) is 0 Å². The molecule has 3 N–H and O–H groups in total. The van der Waals surface area contributed by atoms with Gasteiger partial charge >= 0.3 is 0 Å². The second-order valence-corrected chi connectivity index (χ2v) is 8.59. The van der Waals surface area contributed by atoms with Crippen molar-refractivity contribution in [3.8, 4) is 0 Å². The number of halogens is 2. The number of aryl methyl sites for hydroxylation is 2. The summed E-state index contributed by atoms with van der Waals surface area (Å²) in [5, 5.41) is 4.27. The molecule has 0 unspecified atom stereocenters. The molecule has 0 amide bonds. The molecule has 0 fully saturated rings. The minimum Gasteiger partial charge on any atom is -0.383 e. The smallest absolute Gasteiger partial charge is 0.263 e. The molecule has 31 heavy (non-hydrogen) atoms. The summed E-state index contributed by atoms with van der Waals surface area (Å²) in [7, 11) is 0. The molecule has 2 aliphatic rings. The fourth-order valence-electron chi connectivity index (χ4n) is 4.99. The summed E-state index contributed by atoms with van der Waals surface area (Å²) >= 11 is 0. The van der Waals surface area contributed by atoms with Crippen molar-refractivity contribution in [3.05, 3.63) is 64.1 Å². The molecule has 5 nitrogen and oxygen atoms in total. The first-order chi connectivity index (χ1) is 15.0. The van der Waals surface area contributed by atoms with Gasteiger partial charge in [0.25, 0.3) is 6.43 Å². The zero-order chi connectivity index (χ0) is 21.5. The Morgan fingerprint density at radius 1 is 1.23 bits per heavy atom. The Balaban J connectivity index is 1.37. The van der Waals surface area contributed by atoms with Crippen LogP contribution in [0, 0.1) is 6.92 Å². The van der Waals surface area contributed by atoms with Gasteiger partial charge in [-0.05, 0) is 80.5 Å². The number of rotatable bonds is 5. The quantitative estimate of drug-likeness (QED) is 0.579. The number of anilines is 1. The summed E-state index contributed by atoms with van der Waals surface area (Å²) in [4.78, 5) is 8.85. The molecule has 1 atom stereocenters. The van der Waals surface area contributed by atoms with Crippen LogP contribution in [0.1, 0.15) is 59.8 Å². The summed E-state index contributed by atoms with van der Waals surface area (Å²) in [5.74, 6) is 1.19. The van der Waals surface area contributed by atoms with E-state index in [1.165, 1.54) is 11.1 Å². The van der Waals surface area contributed by atoms with Crippen molar-refractivity contribution in [3.63, 3.8) is 0 Å². The third-order valence-electron chi connectivity index (χ3n) is 6.56. The number of benzene rings is 1. The van der Waals surface area contributed by atoms with Gasteiger partial charge in [-0.3, -0.25) is 0 Å². The Bertz CT molecular complexity index is 1160. The number of nitrogens with one attached hydrogen (secondary N) is 1. The van der Waals surface area contributed by atoms with E-state index < -0.39 is 6.43 Å². The molecule has 3 heterocycles. The highest BCUT2D eigenvalue weighted by molar-refractivity contribution is 5.86. The molecule has 5 rings (SSSR count). The lowest BCUT2D eigenvalue weighted by Gasteiger charge is -2.22. The van der Waals surface area contributed by atoms with Crippen LogP contribution in [0.2, 0.25) is 0 Å². The first-order valence-corrected chi connectivity index (χ1v) is 10.9. The number of aromatic nitrogens is 3. The molecular formula is C24H27F2N5. The molecule has 0 bridgehead atoms. The maximum Gasteiger partial charge on any atom is 0.263 e. The minimum atomic E-state index is -2.42. The van der Waals surface area contributed by atoms with Gasteiger partial charge in [-0.1, -0.05) is 11.6 Å². The number of nitrogen functional groups attached to an aromatic ring is 1. The predicted octanol–water partition coefficient (Wildman–Crippen LogP) is 4.80. The Morgan fingerprint density at radius 2 is 2.10 bits per heavy atom. The summed E-state index contributed by atoms with van der Waals surface area (Å²) in [5.41, 5.74) is 11.8. The topological polar surface area (TPSA) is 68.8 Å². The number of alkyl halides is 2. The van der Waals surface area contributed by atoms with Crippen molar-refractivity contribution < 1.29 is 8.78 Å². The van der Waals surface area contributed by atoms with Crippen molar-refractivity contribution in [2.75, 3.05) is 12.3 Å². The van der Waals surface area contributed by atoms with E-state index >= 15 is 0 Å². The van der Waals surface area contributed by atoms with Gasteiger partial charge in [0.05, 0.1) is 11.4 Å². The molecular weight excluding hydrogens is 396 g/mol. The number of hydrogen-bond donors (Lipinski definition) is 2. The Morgan fingerprint density at radius 3 is 2.94 bits per heavy atom. The summed E-state index contributed by atoms with van der Waals surface area (Å²) in [6.07, 6.45) is 6.46. The third kappa shape index (κ3) is 3.82. The zero-order valence-corrected chi connectivity index (χ0v) is 17.7. The van der Waals surface area contributed by atoms with Gasteiger partial charge in [0.15, 0.2) is 0 Å². The summed E-state index contributed by atoms with van der Waals surface area (Å²) in [6, 6.07) is 5.63. The average Bonchev–Trinajstić information content (AvgIpc) is 3.38. The maximum absolute atomic E-state index is 13.4. The predicted molar refractivity (Wildman–Crippen MR) is 118 cm³/mol. The fraction of sp³-hybridized carbons (Fsp3) is 0.417. The molecule has 0 saturated carbocycles. The molecule has 0 saturated heterocycles. The van der Waals surface area contributed by atoms with Crippen molar-refractivity contribution in [1.82, 2.24) is 19.9 Å². The van der Waals surface area contributed by atoms with Crippen LogP contribution >= 0.6 is 0 Å². The van der Waals surface area contributed by atoms with Gasteiger partial charge in [-0.25, -0.2) is 18.7 Å². The van der Waals surface area contributed by atoms with Gasteiger partial charge in [-0.15, -0.1) is 0 Å². The number of nitrogens with zero attached hydrogens (tertiary/aromatic N) is 3. The first-order valence-electron chi connectivity index (χ1n) is 10.9. The Labute approximate surface area is 180 Å². The van der Waals surface area contributed by atoms with Crippen molar-refractivity contribution >= 4 is 16.9 Å². The number of allylic oxidation sites excluding steroid dienone is 2. The van der Waals surface area contributed by atoms with Crippen LogP contribution in [0.5, 0.6) is 0 Å². The molecule has 3 aromatic rings. The van der Waals surface area contributed by atoms with Crippen LogP contribution < -0.4 is 11.1 Å². The Kier molecular flexibility index (Phi) is 5.22. The molecule has 162 valence electrons. The Hall–Kier alpha value is -2.80. The maximum atomic E-state index is 13.4. The SMILES string of the molecule is Cc1nc(N)c2ccn([C@@H]3C=C(CCc4cc(C(F)F)cc5c4CNCC5)CC3)c2n1. The monoisotopic (exact) mass is 423 g/mol. The van der Waals surface area contributed by atoms with E-state index in [4.69, 9.17) is 5.73 Å². The van der Waals surface area contributed by atoms with E-state index in [2.05, 4.69) is 25.9 Å². The lowest BCUT2D eigenvalue weighted by molar-refractivity contribution is 0.151. The van der Waals surface area contributed by atoms with E-state index in [0.717, 1.165) is 67.4 Å². The fourth-order valence-corrected chi connectivity index (χ4v) is 4.99. The van der Waals surface area contributed by atoms with Gasteiger partial charge < -0.3 is 15.6 Å². The lowest BCUT2D eigenvalue weighted by atomic mass is 9.90. The standard InChI is InChI=1S/C24H27F2N5/c1-14-29-23(27)20-7-9-31(24(20)30-14)19-5-3-15(10-19)2-4-16-11-18(22(25)26)12-17-6-8-28-13-21(16)17/h7,9-12,19,22,28H,2-6,8,13H2,1H3,(H2,27,29,30)/t19-/m0/s1. The van der Waals surface area contributed by atoms with E-state index in [9.17, 15) is 8.78 Å². The normalized spacial score (nSPS) is 18.6. The molecule has 1 aromatic carbocycles. The van der Waals surface area contributed by atoms with Gasteiger partial charge in [0, 0.05) is 18.3 Å². The van der Waals surface area contributed by atoms with Crippen LogP contribution in [0.15, 0.2) is 36.0 Å². The van der Waals surface area contributed by atoms with E-state index in [1.807, 2.05) is 19.2 Å². The highest BCUT2D eigenvalue weighted by Crippen LogP contribution is 2.35. The molecule has 1 aliphatic carbocycles. The third-order valence-corrected chi connectivity index (χ3v) is 6.56. The first kappa shape index (κ1) is 20.1. The second kappa shape index (κ2) is 8.04. The largest absolute Gasteiger partial charge is 0.383 e. The average molecular weight is 424 g/mol. The molecule has 2 aromatic heterocycles. The number of hydrogen-bond acceptors (Lipinski definition) is 4. The van der Waals surface area contributed by atoms with Crippen LogP contribution in [0.25, 0.3) is 11.0 Å². The van der Waals surface area contributed by atoms with Crippen LogP contribution in [0.4, 0.5) is 14.6 Å². The van der Waals surface area contributed by atoms with E-state index in [-0.39, 0.29) is 11.6 Å². The molecule has 0 radical (unpaired) electrons. The second-order valence-electron chi connectivity index (χ2n) is 8.59. The summed E-state index contributed by atoms with van der Waals surface area (Å²) in [6.45, 7) is 3.47.